The smallest absolute Gasteiger partial charge is 0.316 e. The van der Waals surface area contributed by atoms with Crippen molar-refractivity contribution < 1.29 is 21.6 Å². The standard InChI is InChI=1S/C13H16ClF3N2O2S/c14-11-2-1-10(13(15,16)17)7-12(11)22(20,21)19-6-4-9-3-5-18-8-9/h1-2,7,9,18-19H,3-6,8H2. The number of rotatable bonds is 5. The highest BCUT2D eigenvalue weighted by Crippen LogP contribution is 2.33. The van der Waals surface area contributed by atoms with Gasteiger partial charge in [0.05, 0.1) is 10.6 Å². The third-order valence-corrected chi connectivity index (χ3v) is 5.50. The Bertz CT molecular complexity index is 629. The normalized spacial score (nSPS) is 19.5. The van der Waals surface area contributed by atoms with Crippen LogP contribution in [0.15, 0.2) is 23.1 Å². The lowest BCUT2D eigenvalue weighted by Gasteiger charge is -2.13. The zero-order chi connectivity index (χ0) is 16.4. The molecule has 9 heteroatoms. The average Bonchev–Trinajstić information content (AvgIpc) is 2.90. The second-order valence-electron chi connectivity index (χ2n) is 5.19. The average molecular weight is 357 g/mol. The zero-order valence-corrected chi connectivity index (χ0v) is 13.2. The summed E-state index contributed by atoms with van der Waals surface area (Å²) >= 11 is 5.74. The van der Waals surface area contributed by atoms with Gasteiger partial charge in [-0.3, -0.25) is 0 Å². The molecular weight excluding hydrogens is 341 g/mol. The van der Waals surface area contributed by atoms with E-state index in [2.05, 4.69) is 10.0 Å². The second-order valence-corrected chi connectivity index (χ2v) is 7.33. The Kier molecular flexibility index (Phi) is 5.37. The molecule has 2 rings (SSSR count). The fraction of sp³-hybridized carbons (Fsp3) is 0.538. The Morgan fingerprint density at radius 3 is 2.68 bits per heavy atom. The minimum atomic E-state index is -4.62. The van der Waals surface area contributed by atoms with Crippen LogP contribution in [0.3, 0.4) is 0 Å². The molecule has 0 bridgehead atoms. The lowest BCUT2D eigenvalue weighted by atomic mass is 10.1. The van der Waals surface area contributed by atoms with Crippen LogP contribution in [0.2, 0.25) is 5.02 Å². The van der Waals surface area contributed by atoms with Gasteiger partial charge in [-0.15, -0.1) is 0 Å². The lowest BCUT2D eigenvalue weighted by Crippen LogP contribution is -2.27. The van der Waals surface area contributed by atoms with E-state index in [1.807, 2.05) is 0 Å². The maximum absolute atomic E-state index is 12.7. The summed E-state index contributed by atoms with van der Waals surface area (Å²) in [6, 6.07) is 2.26. The molecule has 0 aliphatic carbocycles. The van der Waals surface area contributed by atoms with Crippen molar-refractivity contribution in [3.63, 3.8) is 0 Å². The number of halogens is 4. The summed E-state index contributed by atoms with van der Waals surface area (Å²) < 4.78 is 64.6. The fourth-order valence-corrected chi connectivity index (χ4v) is 3.89. The van der Waals surface area contributed by atoms with Crippen LogP contribution in [0, 0.1) is 5.92 Å². The first-order chi connectivity index (χ1) is 10.2. The van der Waals surface area contributed by atoms with E-state index >= 15 is 0 Å². The van der Waals surface area contributed by atoms with Crippen LogP contribution in [-0.2, 0) is 16.2 Å². The van der Waals surface area contributed by atoms with Crippen molar-refractivity contribution in [3.05, 3.63) is 28.8 Å². The topological polar surface area (TPSA) is 58.2 Å². The van der Waals surface area contributed by atoms with Gasteiger partial charge in [0.15, 0.2) is 0 Å². The van der Waals surface area contributed by atoms with Gasteiger partial charge < -0.3 is 5.32 Å². The van der Waals surface area contributed by atoms with E-state index in [0.717, 1.165) is 31.6 Å². The molecule has 1 fully saturated rings. The molecule has 1 aromatic carbocycles. The third kappa shape index (κ3) is 4.34. The van der Waals surface area contributed by atoms with Crippen LogP contribution in [0.5, 0.6) is 0 Å². The van der Waals surface area contributed by atoms with Gasteiger partial charge >= 0.3 is 6.18 Å². The largest absolute Gasteiger partial charge is 0.416 e. The van der Waals surface area contributed by atoms with E-state index in [1.54, 1.807) is 0 Å². The quantitative estimate of drug-likeness (QED) is 0.852. The zero-order valence-electron chi connectivity index (χ0n) is 11.6. The molecule has 22 heavy (non-hydrogen) atoms. The number of benzene rings is 1. The fourth-order valence-electron chi connectivity index (χ4n) is 2.32. The first-order valence-electron chi connectivity index (χ1n) is 6.77. The summed E-state index contributed by atoms with van der Waals surface area (Å²) in [5, 5.41) is 2.93. The number of hydrogen-bond donors (Lipinski definition) is 2. The summed E-state index contributed by atoms with van der Waals surface area (Å²) in [6.45, 7) is 1.89. The summed E-state index contributed by atoms with van der Waals surface area (Å²) in [4.78, 5) is -0.548. The van der Waals surface area contributed by atoms with Gasteiger partial charge in [-0.05, 0) is 50.0 Å². The molecular formula is C13H16ClF3N2O2S. The highest BCUT2D eigenvalue weighted by atomic mass is 35.5. The minimum absolute atomic E-state index is 0.168. The number of sulfonamides is 1. The van der Waals surface area contributed by atoms with Crippen molar-refractivity contribution >= 4 is 21.6 Å². The molecule has 4 nitrogen and oxygen atoms in total. The first kappa shape index (κ1) is 17.5. The van der Waals surface area contributed by atoms with Gasteiger partial charge in [-0.25, -0.2) is 13.1 Å². The molecule has 0 spiro atoms. The SMILES string of the molecule is O=S(=O)(NCCC1CCNC1)c1cc(C(F)(F)F)ccc1Cl. The maximum atomic E-state index is 12.7. The summed E-state index contributed by atoms with van der Waals surface area (Å²) in [5.74, 6) is 0.375. The van der Waals surface area contributed by atoms with Gasteiger partial charge in [0.2, 0.25) is 10.0 Å². The Labute approximate surface area is 132 Å². The third-order valence-electron chi connectivity index (χ3n) is 3.56. The van der Waals surface area contributed by atoms with E-state index in [9.17, 15) is 21.6 Å². The molecule has 1 aromatic rings. The lowest BCUT2D eigenvalue weighted by molar-refractivity contribution is -0.137. The molecule has 0 saturated carbocycles. The Morgan fingerprint density at radius 2 is 2.09 bits per heavy atom. The van der Waals surface area contributed by atoms with Crippen LogP contribution in [0.1, 0.15) is 18.4 Å². The van der Waals surface area contributed by atoms with Crippen LogP contribution < -0.4 is 10.0 Å². The monoisotopic (exact) mass is 356 g/mol. The maximum Gasteiger partial charge on any atom is 0.416 e. The van der Waals surface area contributed by atoms with E-state index in [-0.39, 0.29) is 11.6 Å². The molecule has 0 radical (unpaired) electrons. The van der Waals surface area contributed by atoms with Gasteiger partial charge in [-0.2, -0.15) is 13.2 Å². The molecule has 0 amide bonds. The van der Waals surface area contributed by atoms with Gasteiger partial charge in [0, 0.05) is 6.54 Å². The predicted octanol–water partition coefficient (Wildman–Crippen LogP) is 2.64. The predicted molar refractivity (Wildman–Crippen MR) is 77.2 cm³/mol. The van der Waals surface area contributed by atoms with Crippen molar-refractivity contribution in [2.45, 2.75) is 23.9 Å². The Hall–Kier alpha value is -0.830. The minimum Gasteiger partial charge on any atom is -0.316 e. The highest BCUT2D eigenvalue weighted by Gasteiger charge is 2.32. The Balaban J connectivity index is 2.10. The molecule has 1 aliphatic rings. The molecule has 124 valence electrons. The van der Waals surface area contributed by atoms with Gasteiger partial charge in [0.25, 0.3) is 0 Å². The second kappa shape index (κ2) is 6.74. The highest BCUT2D eigenvalue weighted by molar-refractivity contribution is 7.89. The van der Waals surface area contributed by atoms with E-state index in [1.165, 1.54) is 0 Å². The molecule has 0 aromatic heterocycles. The van der Waals surface area contributed by atoms with Crippen molar-refractivity contribution in [1.82, 2.24) is 10.0 Å². The van der Waals surface area contributed by atoms with E-state index in [4.69, 9.17) is 11.6 Å². The molecule has 1 heterocycles. The van der Waals surface area contributed by atoms with Crippen molar-refractivity contribution in [1.29, 1.82) is 0 Å². The molecule has 1 aliphatic heterocycles. The van der Waals surface area contributed by atoms with E-state index < -0.39 is 26.7 Å². The molecule has 1 saturated heterocycles. The molecule has 2 N–H and O–H groups in total. The Morgan fingerprint density at radius 1 is 1.36 bits per heavy atom. The number of hydrogen-bond acceptors (Lipinski definition) is 3. The van der Waals surface area contributed by atoms with Gasteiger partial charge in [0.1, 0.15) is 4.90 Å². The van der Waals surface area contributed by atoms with Crippen molar-refractivity contribution in [2.24, 2.45) is 5.92 Å². The molecule has 1 atom stereocenters. The van der Waals surface area contributed by atoms with Crippen LogP contribution in [0.25, 0.3) is 0 Å². The summed E-state index contributed by atoms with van der Waals surface area (Å²) in [7, 11) is -4.07. The van der Waals surface area contributed by atoms with Crippen LogP contribution in [-0.4, -0.2) is 28.1 Å². The number of nitrogens with one attached hydrogen (secondary N) is 2. The van der Waals surface area contributed by atoms with E-state index in [0.29, 0.717) is 18.4 Å². The summed E-state index contributed by atoms with van der Waals surface area (Å²) in [5.41, 5.74) is -1.04. The first-order valence-corrected chi connectivity index (χ1v) is 8.63. The van der Waals surface area contributed by atoms with Gasteiger partial charge in [-0.1, -0.05) is 11.6 Å². The van der Waals surface area contributed by atoms with Crippen LogP contribution in [0.4, 0.5) is 13.2 Å². The molecule has 1 unspecified atom stereocenters. The number of alkyl halides is 3. The summed E-state index contributed by atoms with van der Waals surface area (Å²) in [6.07, 6.45) is -3.03. The van der Waals surface area contributed by atoms with Crippen molar-refractivity contribution in [2.75, 3.05) is 19.6 Å². The van der Waals surface area contributed by atoms with Crippen LogP contribution >= 0.6 is 11.6 Å². The van der Waals surface area contributed by atoms with Crippen molar-refractivity contribution in [3.8, 4) is 0 Å².